The fourth-order valence-electron chi connectivity index (χ4n) is 1.54. The smallest absolute Gasteiger partial charge is 0.139 e. The fraction of sp³-hybridized carbons (Fsp3) is 0.231. The van der Waals surface area contributed by atoms with E-state index in [0.717, 1.165) is 22.1 Å². The summed E-state index contributed by atoms with van der Waals surface area (Å²) in [4.78, 5) is 9.53. The zero-order valence-electron chi connectivity index (χ0n) is 9.86. The van der Waals surface area contributed by atoms with Crippen LogP contribution in [-0.2, 0) is 11.6 Å². The Morgan fingerprint density at radius 3 is 2.83 bits per heavy atom. The summed E-state index contributed by atoms with van der Waals surface area (Å²) in [5.74, 6) is 1.47. The van der Waals surface area contributed by atoms with Crippen molar-refractivity contribution in [2.45, 2.75) is 23.5 Å². The normalized spacial score (nSPS) is 10.6. The number of benzene rings is 1. The zero-order chi connectivity index (χ0) is 13.0. The summed E-state index contributed by atoms with van der Waals surface area (Å²) >= 11 is 7.27. The Labute approximate surface area is 115 Å². The van der Waals surface area contributed by atoms with Gasteiger partial charge >= 0.3 is 0 Å². The molecule has 0 bridgehead atoms. The van der Waals surface area contributed by atoms with Crippen LogP contribution in [0, 0.1) is 12.7 Å². The van der Waals surface area contributed by atoms with E-state index in [1.54, 1.807) is 6.07 Å². The van der Waals surface area contributed by atoms with Crippen molar-refractivity contribution < 1.29 is 4.39 Å². The highest BCUT2D eigenvalue weighted by molar-refractivity contribution is 7.98. The zero-order valence-corrected chi connectivity index (χ0v) is 11.4. The Bertz CT molecular complexity index is 548. The summed E-state index contributed by atoms with van der Waals surface area (Å²) in [7, 11) is 0. The molecule has 1 aromatic carbocycles. The van der Waals surface area contributed by atoms with Gasteiger partial charge in [-0.15, -0.1) is 23.4 Å². The first kappa shape index (κ1) is 13.3. The lowest BCUT2D eigenvalue weighted by Crippen LogP contribution is -1.98. The van der Waals surface area contributed by atoms with E-state index in [1.807, 2.05) is 19.1 Å². The predicted octanol–water partition coefficient (Wildman–Crippen LogP) is 3.96. The first-order valence-corrected chi connectivity index (χ1v) is 6.97. The minimum absolute atomic E-state index is 0.230. The van der Waals surface area contributed by atoms with E-state index in [9.17, 15) is 4.39 Å². The molecule has 0 amide bonds. The summed E-state index contributed by atoms with van der Waals surface area (Å²) in [6, 6.07) is 8.36. The van der Waals surface area contributed by atoms with Gasteiger partial charge in [0.1, 0.15) is 11.6 Å². The first-order valence-electron chi connectivity index (χ1n) is 5.45. The van der Waals surface area contributed by atoms with Gasteiger partial charge in [-0.3, -0.25) is 0 Å². The molecule has 0 unspecified atom stereocenters. The molecule has 2 rings (SSSR count). The van der Waals surface area contributed by atoms with Crippen molar-refractivity contribution in [3.8, 4) is 0 Å². The predicted molar refractivity (Wildman–Crippen MR) is 72.3 cm³/mol. The molecule has 0 N–H and O–H groups in total. The summed E-state index contributed by atoms with van der Waals surface area (Å²) in [6.45, 7) is 1.91. The van der Waals surface area contributed by atoms with Crippen molar-refractivity contribution in [2.75, 3.05) is 0 Å². The number of hydrogen-bond donors (Lipinski definition) is 0. The highest BCUT2D eigenvalue weighted by Crippen LogP contribution is 2.22. The lowest BCUT2D eigenvalue weighted by atomic mass is 10.3. The highest BCUT2D eigenvalue weighted by atomic mass is 35.5. The van der Waals surface area contributed by atoms with Gasteiger partial charge < -0.3 is 0 Å². The van der Waals surface area contributed by atoms with Gasteiger partial charge in [0.15, 0.2) is 0 Å². The number of halogens is 2. The van der Waals surface area contributed by atoms with E-state index in [4.69, 9.17) is 11.6 Å². The number of thioether (sulfide) groups is 1. The molecule has 2 aromatic rings. The number of nitrogens with zero attached hydrogens (tertiary/aromatic N) is 2. The van der Waals surface area contributed by atoms with E-state index in [-0.39, 0.29) is 5.82 Å². The van der Waals surface area contributed by atoms with Gasteiger partial charge in [-0.05, 0) is 31.2 Å². The number of aromatic nitrogens is 2. The van der Waals surface area contributed by atoms with E-state index in [0.29, 0.717) is 11.6 Å². The van der Waals surface area contributed by atoms with E-state index >= 15 is 0 Å². The molecule has 0 fully saturated rings. The molecule has 94 valence electrons. The average molecular weight is 283 g/mol. The van der Waals surface area contributed by atoms with Crippen molar-refractivity contribution >= 4 is 23.4 Å². The van der Waals surface area contributed by atoms with E-state index in [1.165, 1.54) is 23.9 Å². The number of alkyl halides is 1. The summed E-state index contributed by atoms with van der Waals surface area (Å²) in [5.41, 5.74) is 1.72. The van der Waals surface area contributed by atoms with Crippen molar-refractivity contribution in [3.05, 3.63) is 53.4 Å². The molecule has 2 nitrogen and oxygen atoms in total. The molecule has 0 atom stereocenters. The lowest BCUT2D eigenvalue weighted by Gasteiger charge is -2.04. The second kappa shape index (κ2) is 6.16. The minimum atomic E-state index is -0.230. The second-order valence-electron chi connectivity index (χ2n) is 3.80. The third-order valence-electron chi connectivity index (χ3n) is 2.25. The topological polar surface area (TPSA) is 25.8 Å². The Hall–Kier alpha value is -1.13. The van der Waals surface area contributed by atoms with Crippen LogP contribution >= 0.6 is 23.4 Å². The molecule has 1 heterocycles. The average Bonchev–Trinajstić information content (AvgIpc) is 2.36. The monoisotopic (exact) mass is 282 g/mol. The van der Waals surface area contributed by atoms with Crippen LogP contribution in [-0.4, -0.2) is 9.97 Å². The fourth-order valence-corrected chi connectivity index (χ4v) is 2.47. The molecular weight excluding hydrogens is 271 g/mol. The lowest BCUT2D eigenvalue weighted by molar-refractivity contribution is 0.624. The van der Waals surface area contributed by atoms with Crippen LogP contribution in [0.5, 0.6) is 0 Å². The molecule has 18 heavy (non-hydrogen) atoms. The molecule has 0 aliphatic carbocycles. The van der Waals surface area contributed by atoms with Crippen molar-refractivity contribution in [3.63, 3.8) is 0 Å². The van der Waals surface area contributed by atoms with Gasteiger partial charge in [0.05, 0.1) is 17.3 Å². The first-order chi connectivity index (χ1) is 8.67. The molecular formula is C13H12ClFN2S. The second-order valence-corrected chi connectivity index (χ2v) is 5.11. The Morgan fingerprint density at radius 2 is 2.11 bits per heavy atom. The van der Waals surface area contributed by atoms with Gasteiger partial charge in [-0.2, -0.15) is 0 Å². The third kappa shape index (κ3) is 3.68. The standard InChI is InChI=1S/C13H12ClFN2S/c1-9-5-11(7-14)17-13(16-9)8-18-12-4-2-3-10(15)6-12/h2-6H,7-8H2,1H3. The molecule has 0 saturated carbocycles. The van der Waals surface area contributed by atoms with Crippen LogP contribution in [0.3, 0.4) is 0 Å². The molecule has 0 aliphatic heterocycles. The molecule has 0 aliphatic rings. The van der Waals surface area contributed by atoms with Crippen LogP contribution in [0.25, 0.3) is 0 Å². The summed E-state index contributed by atoms with van der Waals surface area (Å²) in [5, 5.41) is 0. The third-order valence-corrected chi connectivity index (χ3v) is 3.52. The molecule has 0 saturated heterocycles. The van der Waals surface area contributed by atoms with Crippen LogP contribution in [0.15, 0.2) is 35.2 Å². The minimum Gasteiger partial charge on any atom is -0.237 e. The van der Waals surface area contributed by atoms with E-state index in [2.05, 4.69) is 9.97 Å². The number of aryl methyl sites for hydroxylation is 1. The van der Waals surface area contributed by atoms with Crippen LogP contribution in [0.1, 0.15) is 17.2 Å². The summed E-state index contributed by atoms with van der Waals surface area (Å²) in [6.07, 6.45) is 0. The van der Waals surface area contributed by atoms with Crippen molar-refractivity contribution in [1.29, 1.82) is 0 Å². The van der Waals surface area contributed by atoms with Crippen molar-refractivity contribution in [2.24, 2.45) is 0 Å². The molecule has 1 aromatic heterocycles. The maximum absolute atomic E-state index is 13.0. The van der Waals surface area contributed by atoms with Gasteiger partial charge in [0, 0.05) is 10.6 Å². The van der Waals surface area contributed by atoms with Crippen molar-refractivity contribution in [1.82, 2.24) is 9.97 Å². The highest BCUT2D eigenvalue weighted by Gasteiger charge is 2.03. The maximum atomic E-state index is 13.0. The summed E-state index contributed by atoms with van der Waals surface area (Å²) < 4.78 is 13.0. The van der Waals surface area contributed by atoms with E-state index < -0.39 is 0 Å². The largest absolute Gasteiger partial charge is 0.237 e. The van der Waals surface area contributed by atoms with Gasteiger partial charge in [0.2, 0.25) is 0 Å². The van der Waals surface area contributed by atoms with Crippen LogP contribution < -0.4 is 0 Å². The SMILES string of the molecule is Cc1cc(CCl)nc(CSc2cccc(F)c2)n1. The Morgan fingerprint density at radius 1 is 1.28 bits per heavy atom. The quantitative estimate of drug-likeness (QED) is 0.627. The molecule has 0 radical (unpaired) electrons. The van der Waals surface area contributed by atoms with Gasteiger partial charge in [-0.1, -0.05) is 6.07 Å². The Balaban J connectivity index is 2.08. The number of rotatable bonds is 4. The van der Waals surface area contributed by atoms with Gasteiger partial charge in [0.25, 0.3) is 0 Å². The number of hydrogen-bond acceptors (Lipinski definition) is 3. The van der Waals surface area contributed by atoms with Crippen LogP contribution in [0.4, 0.5) is 4.39 Å². The van der Waals surface area contributed by atoms with Crippen LogP contribution in [0.2, 0.25) is 0 Å². The van der Waals surface area contributed by atoms with Gasteiger partial charge in [-0.25, -0.2) is 14.4 Å². The molecule has 0 spiro atoms. The molecule has 5 heteroatoms. The maximum Gasteiger partial charge on any atom is 0.139 e. The Kier molecular flexibility index (Phi) is 4.55.